The van der Waals surface area contributed by atoms with Gasteiger partial charge in [-0.2, -0.15) is 0 Å². The molecule has 0 radical (unpaired) electrons. The van der Waals surface area contributed by atoms with Crippen molar-refractivity contribution in [2.75, 3.05) is 6.54 Å². The summed E-state index contributed by atoms with van der Waals surface area (Å²) < 4.78 is 0. The molecule has 0 aliphatic heterocycles. The maximum absolute atomic E-state index is 4.17. The van der Waals surface area contributed by atoms with Gasteiger partial charge in [0.2, 0.25) is 0 Å². The van der Waals surface area contributed by atoms with E-state index in [9.17, 15) is 0 Å². The van der Waals surface area contributed by atoms with Gasteiger partial charge in [-0.1, -0.05) is 25.5 Å². The monoisotopic (exact) mass is 151 g/mol. The third-order valence-electron chi connectivity index (χ3n) is 1.40. The van der Waals surface area contributed by atoms with Crippen molar-refractivity contribution < 1.29 is 0 Å². The van der Waals surface area contributed by atoms with Gasteiger partial charge in [0, 0.05) is 6.21 Å². The van der Waals surface area contributed by atoms with Gasteiger partial charge < -0.3 is 0 Å². The first kappa shape index (κ1) is 10.2. The van der Waals surface area contributed by atoms with Crippen molar-refractivity contribution >= 4 is 6.21 Å². The Bertz CT molecular complexity index is 154. The molecule has 0 unspecified atom stereocenters. The summed E-state index contributed by atoms with van der Waals surface area (Å²) in [6.07, 6.45) is 8.15. The molecule has 11 heavy (non-hydrogen) atoms. The number of nitrogens with zero attached hydrogens (tertiary/aromatic N) is 1. The molecule has 0 saturated carbocycles. The molecule has 0 aliphatic rings. The summed E-state index contributed by atoms with van der Waals surface area (Å²) in [7, 11) is 0. The third-order valence-corrected chi connectivity index (χ3v) is 1.40. The topological polar surface area (TPSA) is 12.4 Å². The molecular weight excluding hydrogens is 134 g/mol. The van der Waals surface area contributed by atoms with Crippen LogP contribution in [0.15, 0.2) is 29.3 Å². The van der Waals surface area contributed by atoms with Gasteiger partial charge in [-0.15, -0.1) is 6.58 Å². The van der Waals surface area contributed by atoms with E-state index in [0.717, 1.165) is 13.0 Å². The molecule has 0 amide bonds. The Labute approximate surface area is 69.5 Å². The predicted molar refractivity (Wildman–Crippen MR) is 52.2 cm³/mol. The minimum absolute atomic E-state index is 0.723. The maximum atomic E-state index is 4.17. The van der Waals surface area contributed by atoms with Crippen LogP contribution in [0.3, 0.4) is 0 Å². The van der Waals surface area contributed by atoms with E-state index in [0.29, 0.717) is 0 Å². The molecule has 0 aliphatic carbocycles. The summed E-state index contributed by atoms with van der Waals surface area (Å²) in [6.45, 7) is 8.54. The van der Waals surface area contributed by atoms with Crippen molar-refractivity contribution in [1.82, 2.24) is 0 Å². The van der Waals surface area contributed by atoms with Gasteiger partial charge in [0.1, 0.15) is 0 Å². The number of allylic oxidation sites excluding steroid dienone is 2. The van der Waals surface area contributed by atoms with E-state index >= 15 is 0 Å². The van der Waals surface area contributed by atoms with Gasteiger partial charge in [-0.25, -0.2) is 0 Å². The second-order valence-corrected chi connectivity index (χ2v) is 2.40. The predicted octanol–water partition coefficient (Wildman–Crippen LogP) is 2.99. The van der Waals surface area contributed by atoms with Crippen molar-refractivity contribution in [3.63, 3.8) is 0 Å². The van der Waals surface area contributed by atoms with E-state index in [1.165, 1.54) is 12.0 Å². The molecule has 0 aromatic heterocycles. The summed E-state index contributed by atoms with van der Waals surface area (Å²) in [5.74, 6) is 0. The second kappa shape index (κ2) is 7.26. The van der Waals surface area contributed by atoms with Crippen LogP contribution in [0, 0.1) is 0 Å². The summed E-state index contributed by atoms with van der Waals surface area (Å²) in [5.41, 5.74) is 1.31. The summed E-state index contributed by atoms with van der Waals surface area (Å²) in [6, 6.07) is 0. The Morgan fingerprint density at radius 3 is 2.73 bits per heavy atom. The molecule has 0 heterocycles. The molecule has 1 heteroatoms. The van der Waals surface area contributed by atoms with Gasteiger partial charge in [0.15, 0.2) is 0 Å². The molecular formula is C10H17N. The molecule has 0 aromatic carbocycles. The number of hydrogen-bond donors (Lipinski definition) is 0. The molecule has 1 nitrogen and oxygen atoms in total. The van der Waals surface area contributed by atoms with Gasteiger partial charge in [-0.05, 0) is 18.9 Å². The van der Waals surface area contributed by atoms with E-state index in [-0.39, 0.29) is 0 Å². The van der Waals surface area contributed by atoms with Crippen LogP contribution in [0.2, 0.25) is 0 Å². The molecule has 0 rings (SSSR count). The Kier molecular flexibility index (Phi) is 6.70. The van der Waals surface area contributed by atoms with Crippen LogP contribution < -0.4 is 0 Å². The fraction of sp³-hybridized carbons (Fsp3) is 0.500. The highest BCUT2D eigenvalue weighted by Crippen LogP contribution is 2.00. The number of aliphatic imine (C=N–C) groups is 1. The molecule has 0 bridgehead atoms. The van der Waals surface area contributed by atoms with Crippen LogP contribution in [0.1, 0.15) is 26.7 Å². The van der Waals surface area contributed by atoms with Gasteiger partial charge in [0.25, 0.3) is 0 Å². The minimum Gasteiger partial charge on any atom is -0.289 e. The summed E-state index contributed by atoms with van der Waals surface area (Å²) >= 11 is 0. The summed E-state index contributed by atoms with van der Waals surface area (Å²) in [5, 5.41) is 0. The second-order valence-electron chi connectivity index (χ2n) is 2.40. The van der Waals surface area contributed by atoms with Gasteiger partial charge in [0.05, 0.1) is 6.54 Å². The standard InChI is InChI=1S/C10H17N/c1-4-7-10(6-3)9-11-8-5-2/h5-6,9H,2,4,7-8H2,1,3H3/b10-6-,11-9-. The van der Waals surface area contributed by atoms with E-state index < -0.39 is 0 Å². The highest BCUT2D eigenvalue weighted by Gasteiger charge is 1.87. The van der Waals surface area contributed by atoms with Crippen molar-refractivity contribution in [2.45, 2.75) is 26.7 Å². The minimum atomic E-state index is 0.723. The first-order valence-corrected chi connectivity index (χ1v) is 4.11. The lowest BCUT2D eigenvalue weighted by atomic mass is 10.1. The zero-order valence-electron chi connectivity index (χ0n) is 7.51. The van der Waals surface area contributed by atoms with Crippen LogP contribution in [0.5, 0.6) is 0 Å². The van der Waals surface area contributed by atoms with E-state index in [2.05, 4.69) is 24.6 Å². The van der Waals surface area contributed by atoms with Crippen LogP contribution in [0.4, 0.5) is 0 Å². The molecule has 0 aromatic rings. The van der Waals surface area contributed by atoms with E-state index in [4.69, 9.17) is 0 Å². The lowest BCUT2D eigenvalue weighted by molar-refractivity contribution is 0.936. The molecule has 0 saturated heterocycles. The molecule has 0 N–H and O–H groups in total. The Balaban J connectivity index is 3.77. The normalized spacial score (nSPS) is 12.4. The number of rotatable bonds is 5. The van der Waals surface area contributed by atoms with Crippen LogP contribution in [-0.4, -0.2) is 12.8 Å². The first-order chi connectivity index (χ1) is 5.35. The summed E-state index contributed by atoms with van der Waals surface area (Å²) in [4.78, 5) is 4.17. The largest absolute Gasteiger partial charge is 0.289 e. The van der Waals surface area contributed by atoms with Crippen molar-refractivity contribution in [3.05, 3.63) is 24.3 Å². The zero-order valence-corrected chi connectivity index (χ0v) is 7.51. The van der Waals surface area contributed by atoms with Crippen molar-refractivity contribution in [1.29, 1.82) is 0 Å². The highest BCUT2D eigenvalue weighted by atomic mass is 14.7. The molecule has 62 valence electrons. The maximum Gasteiger partial charge on any atom is 0.0567 e. The average Bonchev–Trinajstić information content (AvgIpc) is 2.03. The van der Waals surface area contributed by atoms with Crippen LogP contribution >= 0.6 is 0 Å². The molecule has 0 spiro atoms. The SMILES string of the molecule is C=CC/N=C\C(=C/C)CCC. The highest BCUT2D eigenvalue weighted by molar-refractivity contribution is 5.78. The quantitative estimate of drug-likeness (QED) is 0.423. The molecule has 0 fully saturated rings. The molecule has 0 atom stereocenters. The van der Waals surface area contributed by atoms with Crippen molar-refractivity contribution in [3.8, 4) is 0 Å². The number of hydrogen-bond acceptors (Lipinski definition) is 1. The average molecular weight is 151 g/mol. The van der Waals surface area contributed by atoms with Gasteiger partial charge >= 0.3 is 0 Å². The lowest BCUT2D eigenvalue weighted by Crippen LogP contribution is -1.84. The lowest BCUT2D eigenvalue weighted by Gasteiger charge is -1.95. The Hall–Kier alpha value is -0.850. The Morgan fingerprint density at radius 2 is 2.27 bits per heavy atom. The smallest absolute Gasteiger partial charge is 0.0567 e. The van der Waals surface area contributed by atoms with E-state index in [1.807, 2.05) is 13.1 Å². The van der Waals surface area contributed by atoms with Crippen molar-refractivity contribution in [2.24, 2.45) is 4.99 Å². The van der Waals surface area contributed by atoms with E-state index in [1.54, 1.807) is 6.08 Å². The van der Waals surface area contributed by atoms with Crippen LogP contribution in [0.25, 0.3) is 0 Å². The Morgan fingerprint density at radius 1 is 1.55 bits per heavy atom. The first-order valence-electron chi connectivity index (χ1n) is 4.11. The fourth-order valence-corrected chi connectivity index (χ4v) is 0.817. The zero-order chi connectivity index (χ0) is 8.53. The third kappa shape index (κ3) is 5.59. The van der Waals surface area contributed by atoms with Crippen LogP contribution in [-0.2, 0) is 0 Å². The van der Waals surface area contributed by atoms with Gasteiger partial charge in [-0.3, -0.25) is 4.99 Å². The fourth-order valence-electron chi connectivity index (χ4n) is 0.817.